The molecule has 1 fully saturated rings. The van der Waals surface area contributed by atoms with Gasteiger partial charge in [-0.2, -0.15) is 9.78 Å². The van der Waals surface area contributed by atoms with Gasteiger partial charge in [-0.3, -0.25) is 0 Å². The predicted molar refractivity (Wildman–Crippen MR) is 76.0 cm³/mol. The van der Waals surface area contributed by atoms with Crippen LogP contribution in [-0.2, 0) is 9.78 Å². The molecule has 1 aliphatic rings. The van der Waals surface area contributed by atoms with Crippen molar-refractivity contribution in [1.29, 1.82) is 0 Å². The highest BCUT2D eigenvalue weighted by molar-refractivity contribution is 4.98. The van der Waals surface area contributed by atoms with Gasteiger partial charge in [-0.15, -0.1) is 0 Å². The Morgan fingerprint density at radius 3 is 1.44 bits per heavy atom. The van der Waals surface area contributed by atoms with Crippen LogP contribution in [0.4, 0.5) is 0 Å². The Morgan fingerprint density at radius 1 is 0.778 bits per heavy atom. The summed E-state index contributed by atoms with van der Waals surface area (Å²) in [5.74, 6) is 0. The van der Waals surface area contributed by atoms with Gasteiger partial charge in [0.1, 0.15) is 0 Å². The summed E-state index contributed by atoms with van der Waals surface area (Å²) in [6.45, 7) is 20.9. The summed E-state index contributed by atoms with van der Waals surface area (Å²) < 4.78 is 0. The fourth-order valence-corrected chi connectivity index (χ4v) is 2.67. The molecule has 2 nitrogen and oxygen atoms in total. The van der Waals surface area contributed by atoms with Crippen molar-refractivity contribution in [1.82, 2.24) is 0 Å². The summed E-state index contributed by atoms with van der Waals surface area (Å²) in [5, 5.41) is 0. The highest BCUT2D eigenvalue weighted by Gasteiger charge is 2.57. The third-order valence-electron chi connectivity index (χ3n) is 5.77. The van der Waals surface area contributed by atoms with E-state index in [1.54, 1.807) is 0 Å². The molecule has 2 unspecified atom stereocenters. The van der Waals surface area contributed by atoms with Gasteiger partial charge in [0.15, 0.2) is 0 Å². The zero-order valence-corrected chi connectivity index (χ0v) is 13.8. The van der Waals surface area contributed by atoms with E-state index >= 15 is 0 Å². The molecule has 1 heterocycles. The average molecular weight is 256 g/mol. The van der Waals surface area contributed by atoms with Crippen LogP contribution in [-0.4, -0.2) is 6.29 Å². The first-order valence-electron chi connectivity index (χ1n) is 7.19. The maximum atomic E-state index is 5.20. The second-order valence-electron chi connectivity index (χ2n) is 8.53. The Bertz CT molecular complexity index is 293. The molecule has 0 aliphatic carbocycles. The lowest BCUT2D eigenvalue weighted by Crippen LogP contribution is -2.45. The number of hydrogen-bond donors (Lipinski definition) is 0. The number of rotatable bonds is 4. The van der Waals surface area contributed by atoms with Crippen molar-refractivity contribution in [2.24, 2.45) is 21.7 Å². The Kier molecular flexibility index (Phi) is 3.98. The molecular weight excluding hydrogens is 224 g/mol. The molecular formula is C16H32O2. The van der Waals surface area contributed by atoms with E-state index in [9.17, 15) is 0 Å². The fraction of sp³-hybridized carbons (Fsp3) is 1.00. The third-order valence-corrected chi connectivity index (χ3v) is 5.77. The smallest absolute Gasteiger partial charge is 0.198 e. The predicted octanol–water partition coefficient (Wildman–Crippen LogP) is 5.18. The quantitative estimate of drug-likeness (QED) is 0.511. The monoisotopic (exact) mass is 256 g/mol. The van der Waals surface area contributed by atoms with E-state index in [2.05, 4.69) is 62.3 Å². The maximum absolute atomic E-state index is 5.20. The largest absolute Gasteiger partial charge is 0.230 e. The van der Waals surface area contributed by atoms with Crippen LogP contribution in [0.1, 0.15) is 75.2 Å². The highest BCUT2D eigenvalue weighted by atomic mass is 17.4. The van der Waals surface area contributed by atoms with Crippen LogP contribution in [0.15, 0.2) is 0 Å². The normalized spacial score (nSPS) is 24.5. The Labute approximate surface area is 113 Å². The number of hydrogen-bond acceptors (Lipinski definition) is 2. The molecule has 2 atom stereocenters. The molecule has 0 bridgehead atoms. The first-order valence-corrected chi connectivity index (χ1v) is 7.19. The first kappa shape index (κ1) is 16.0. The van der Waals surface area contributed by atoms with Crippen molar-refractivity contribution in [3.63, 3.8) is 0 Å². The summed E-state index contributed by atoms with van der Waals surface area (Å²) in [4.78, 5) is 10.4. The van der Waals surface area contributed by atoms with Crippen LogP contribution in [0.5, 0.6) is 0 Å². The first-order chi connectivity index (χ1) is 7.87. The second-order valence-corrected chi connectivity index (χ2v) is 8.53. The fourth-order valence-electron chi connectivity index (χ4n) is 2.67. The molecule has 0 aromatic heterocycles. The van der Waals surface area contributed by atoms with E-state index in [4.69, 9.17) is 9.78 Å². The summed E-state index contributed by atoms with van der Waals surface area (Å²) >= 11 is 0. The van der Waals surface area contributed by atoms with Crippen molar-refractivity contribution >= 4 is 0 Å². The van der Waals surface area contributed by atoms with Gasteiger partial charge >= 0.3 is 0 Å². The van der Waals surface area contributed by atoms with Gasteiger partial charge < -0.3 is 0 Å². The summed E-state index contributed by atoms with van der Waals surface area (Å²) in [7, 11) is 0. The maximum Gasteiger partial charge on any atom is 0.230 e. The molecule has 0 aromatic carbocycles. The third kappa shape index (κ3) is 2.75. The molecule has 1 aliphatic heterocycles. The van der Waals surface area contributed by atoms with Gasteiger partial charge in [0.2, 0.25) is 6.29 Å². The van der Waals surface area contributed by atoms with Gasteiger partial charge in [-0.05, 0) is 22.7 Å². The van der Waals surface area contributed by atoms with E-state index in [-0.39, 0.29) is 27.9 Å². The lowest BCUT2D eigenvalue weighted by atomic mass is 9.54. The molecule has 1 saturated heterocycles. The summed E-state index contributed by atoms with van der Waals surface area (Å²) in [6.07, 6.45) is 2.26. The highest BCUT2D eigenvalue weighted by Crippen LogP contribution is 2.58. The summed E-state index contributed by atoms with van der Waals surface area (Å²) in [6, 6.07) is 0. The second kappa shape index (κ2) is 4.49. The van der Waals surface area contributed by atoms with Crippen molar-refractivity contribution < 1.29 is 9.78 Å². The lowest BCUT2D eigenvalue weighted by Gasteiger charge is -2.50. The summed E-state index contributed by atoms with van der Waals surface area (Å²) in [5.41, 5.74) is 0.772. The molecule has 0 N–H and O–H groups in total. The zero-order valence-electron chi connectivity index (χ0n) is 13.8. The van der Waals surface area contributed by atoms with Gasteiger partial charge in [0.05, 0.1) is 0 Å². The molecule has 2 heteroatoms. The van der Waals surface area contributed by atoms with Gasteiger partial charge in [0.25, 0.3) is 0 Å². The van der Waals surface area contributed by atoms with E-state index in [0.717, 1.165) is 6.42 Å². The minimum absolute atomic E-state index is 0.0364. The average Bonchev–Trinajstić information content (AvgIpc) is 2.96. The molecule has 0 radical (unpaired) electrons. The zero-order chi connectivity index (χ0) is 14.4. The van der Waals surface area contributed by atoms with E-state index in [0.29, 0.717) is 0 Å². The van der Waals surface area contributed by atoms with Gasteiger partial charge in [0, 0.05) is 5.41 Å². The standard InChI is InChI=1S/C16H32O2/c1-10-15(8,13(2,3)4)11-16(9,12-17-18-12)14(5,6)7/h12H,10-11H2,1-9H3. The van der Waals surface area contributed by atoms with E-state index in [1.165, 1.54) is 6.42 Å². The van der Waals surface area contributed by atoms with Crippen LogP contribution >= 0.6 is 0 Å². The Hall–Kier alpha value is -0.0800. The van der Waals surface area contributed by atoms with Crippen LogP contribution in [0, 0.1) is 21.7 Å². The molecule has 108 valence electrons. The van der Waals surface area contributed by atoms with Crippen LogP contribution in [0.2, 0.25) is 0 Å². The van der Waals surface area contributed by atoms with Gasteiger partial charge in [-0.1, -0.05) is 68.7 Å². The van der Waals surface area contributed by atoms with Crippen molar-refractivity contribution in [2.45, 2.75) is 81.4 Å². The van der Waals surface area contributed by atoms with Crippen molar-refractivity contribution in [3.8, 4) is 0 Å². The SMILES string of the molecule is CCC(C)(CC(C)(C1OO1)C(C)(C)C)C(C)(C)C. The van der Waals surface area contributed by atoms with E-state index < -0.39 is 0 Å². The van der Waals surface area contributed by atoms with E-state index in [1.807, 2.05) is 0 Å². The van der Waals surface area contributed by atoms with Crippen LogP contribution in [0.3, 0.4) is 0 Å². The molecule has 0 saturated carbocycles. The molecule has 0 aromatic rings. The Balaban J connectivity index is 3.04. The minimum Gasteiger partial charge on any atom is -0.198 e. The molecule has 0 spiro atoms. The van der Waals surface area contributed by atoms with Crippen LogP contribution in [0.25, 0.3) is 0 Å². The molecule has 1 rings (SSSR count). The minimum atomic E-state index is -0.0364. The van der Waals surface area contributed by atoms with Crippen LogP contribution < -0.4 is 0 Å². The Morgan fingerprint density at radius 2 is 1.22 bits per heavy atom. The van der Waals surface area contributed by atoms with Crippen molar-refractivity contribution in [3.05, 3.63) is 0 Å². The topological polar surface area (TPSA) is 25.1 Å². The molecule has 0 amide bonds. The molecule has 18 heavy (non-hydrogen) atoms. The van der Waals surface area contributed by atoms with Crippen molar-refractivity contribution in [2.75, 3.05) is 0 Å². The lowest BCUT2D eigenvalue weighted by molar-refractivity contribution is -0.0340. The van der Waals surface area contributed by atoms with Gasteiger partial charge in [-0.25, -0.2) is 0 Å².